The summed E-state index contributed by atoms with van der Waals surface area (Å²) in [5, 5.41) is 0. The SMILES string of the molecule is C[C@H](N)CI. The standard InChI is InChI=1S/C3H8IN/c1-3(5)2-4/h3H,2,5H2,1H3/t3-/m0/s1. The maximum atomic E-state index is 5.28. The maximum Gasteiger partial charge on any atom is 0.0145 e. The highest BCUT2D eigenvalue weighted by molar-refractivity contribution is 14.1. The first-order valence-electron chi connectivity index (χ1n) is 1.59. The fourth-order valence-corrected chi connectivity index (χ4v) is 0. The molecule has 0 fully saturated rings. The van der Waals surface area contributed by atoms with E-state index in [9.17, 15) is 0 Å². The first-order chi connectivity index (χ1) is 2.27. The van der Waals surface area contributed by atoms with Crippen LogP contribution in [-0.4, -0.2) is 10.5 Å². The van der Waals surface area contributed by atoms with E-state index >= 15 is 0 Å². The summed E-state index contributed by atoms with van der Waals surface area (Å²) in [7, 11) is 0. The number of nitrogens with two attached hydrogens (primary N) is 1. The molecule has 0 radical (unpaired) electrons. The van der Waals surface area contributed by atoms with Crippen molar-refractivity contribution in [2.45, 2.75) is 13.0 Å². The van der Waals surface area contributed by atoms with E-state index in [1.807, 2.05) is 6.92 Å². The van der Waals surface area contributed by atoms with Crippen molar-refractivity contribution in [1.29, 1.82) is 0 Å². The van der Waals surface area contributed by atoms with E-state index in [2.05, 4.69) is 22.6 Å². The van der Waals surface area contributed by atoms with Gasteiger partial charge in [0.2, 0.25) is 0 Å². The van der Waals surface area contributed by atoms with E-state index in [0.29, 0.717) is 6.04 Å². The lowest BCUT2D eigenvalue weighted by Gasteiger charge is -1.90. The van der Waals surface area contributed by atoms with Gasteiger partial charge in [-0.1, -0.05) is 22.6 Å². The van der Waals surface area contributed by atoms with Crippen molar-refractivity contribution >= 4 is 22.6 Å². The average Bonchev–Trinajstić information content (AvgIpc) is 1.38. The first-order valence-corrected chi connectivity index (χ1v) is 3.11. The van der Waals surface area contributed by atoms with Gasteiger partial charge in [0.25, 0.3) is 0 Å². The second kappa shape index (κ2) is 2.90. The number of hydrogen-bond acceptors (Lipinski definition) is 1. The number of hydrogen-bond donors (Lipinski definition) is 1. The van der Waals surface area contributed by atoms with Gasteiger partial charge in [0.15, 0.2) is 0 Å². The molecule has 0 spiro atoms. The van der Waals surface area contributed by atoms with Gasteiger partial charge in [-0.15, -0.1) is 0 Å². The molecule has 5 heavy (non-hydrogen) atoms. The summed E-state index contributed by atoms with van der Waals surface area (Å²) in [5.74, 6) is 0. The minimum atomic E-state index is 0.371. The lowest BCUT2D eigenvalue weighted by molar-refractivity contribution is 0.860. The van der Waals surface area contributed by atoms with Gasteiger partial charge in [0.05, 0.1) is 0 Å². The summed E-state index contributed by atoms with van der Waals surface area (Å²) in [5.41, 5.74) is 5.28. The smallest absolute Gasteiger partial charge is 0.0145 e. The van der Waals surface area contributed by atoms with Crippen LogP contribution in [0.4, 0.5) is 0 Å². The second-order valence-corrected chi connectivity index (χ2v) is 2.01. The molecular weight excluding hydrogens is 177 g/mol. The topological polar surface area (TPSA) is 26.0 Å². The minimum Gasteiger partial charge on any atom is -0.327 e. The lowest BCUT2D eigenvalue weighted by atomic mass is 10.4. The highest BCUT2D eigenvalue weighted by atomic mass is 127. The van der Waals surface area contributed by atoms with Crippen molar-refractivity contribution in [3.05, 3.63) is 0 Å². The summed E-state index contributed by atoms with van der Waals surface area (Å²) < 4.78 is 1.05. The molecule has 0 bridgehead atoms. The normalized spacial score (nSPS) is 15.0. The highest BCUT2D eigenvalue weighted by Crippen LogP contribution is 1.81. The molecule has 0 saturated carbocycles. The summed E-state index contributed by atoms with van der Waals surface area (Å²) in [6.45, 7) is 1.99. The zero-order valence-electron chi connectivity index (χ0n) is 3.24. The van der Waals surface area contributed by atoms with Crippen LogP contribution in [0.15, 0.2) is 0 Å². The molecule has 0 aromatic carbocycles. The Balaban J connectivity index is 2.54. The molecule has 0 saturated heterocycles. The molecule has 0 heterocycles. The second-order valence-electron chi connectivity index (χ2n) is 1.13. The summed E-state index contributed by atoms with van der Waals surface area (Å²) in [6, 6.07) is 0.371. The van der Waals surface area contributed by atoms with E-state index in [1.165, 1.54) is 0 Å². The van der Waals surface area contributed by atoms with Gasteiger partial charge in [-0.3, -0.25) is 0 Å². The van der Waals surface area contributed by atoms with E-state index in [1.54, 1.807) is 0 Å². The minimum absolute atomic E-state index is 0.371. The van der Waals surface area contributed by atoms with Crippen LogP contribution >= 0.6 is 22.6 Å². The van der Waals surface area contributed by atoms with Crippen molar-refractivity contribution < 1.29 is 0 Å². The zero-order valence-corrected chi connectivity index (χ0v) is 5.40. The molecule has 1 nitrogen and oxygen atoms in total. The van der Waals surface area contributed by atoms with Gasteiger partial charge in [0.1, 0.15) is 0 Å². The predicted octanol–water partition coefficient (Wildman–Crippen LogP) is 0.769. The molecule has 0 aromatic heterocycles. The molecule has 32 valence electrons. The van der Waals surface area contributed by atoms with Gasteiger partial charge < -0.3 is 5.73 Å². The van der Waals surface area contributed by atoms with Crippen molar-refractivity contribution in [1.82, 2.24) is 0 Å². The Morgan fingerprint density at radius 1 is 2.00 bits per heavy atom. The van der Waals surface area contributed by atoms with Gasteiger partial charge in [-0.2, -0.15) is 0 Å². The Bertz CT molecular complexity index is 20.9. The van der Waals surface area contributed by atoms with Crippen molar-refractivity contribution in [3.8, 4) is 0 Å². The Kier molecular flexibility index (Phi) is 3.30. The van der Waals surface area contributed by atoms with Crippen LogP contribution in [0.1, 0.15) is 6.92 Å². The highest BCUT2D eigenvalue weighted by Gasteiger charge is 1.81. The van der Waals surface area contributed by atoms with Crippen LogP contribution in [0.5, 0.6) is 0 Å². The zero-order chi connectivity index (χ0) is 4.28. The number of rotatable bonds is 1. The number of halogens is 1. The quantitative estimate of drug-likeness (QED) is 0.473. The molecule has 0 aliphatic carbocycles. The predicted molar refractivity (Wildman–Crippen MR) is 32.5 cm³/mol. The van der Waals surface area contributed by atoms with E-state index in [0.717, 1.165) is 4.43 Å². The molecule has 0 amide bonds. The third-order valence-electron chi connectivity index (χ3n) is 0.243. The molecule has 1 atom stereocenters. The molecule has 0 unspecified atom stereocenters. The van der Waals surface area contributed by atoms with Gasteiger partial charge in [0, 0.05) is 10.5 Å². The third kappa shape index (κ3) is 4.69. The van der Waals surface area contributed by atoms with E-state index in [-0.39, 0.29) is 0 Å². The van der Waals surface area contributed by atoms with Crippen LogP contribution in [-0.2, 0) is 0 Å². The van der Waals surface area contributed by atoms with E-state index in [4.69, 9.17) is 5.73 Å². The van der Waals surface area contributed by atoms with Crippen LogP contribution in [0.2, 0.25) is 0 Å². The van der Waals surface area contributed by atoms with Crippen molar-refractivity contribution in [2.24, 2.45) is 5.73 Å². The van der Waals surface area contributed by atoms with Crippen LogP contribution in [0, 0.1) is 0 Å². The first kappa shape index (κ1) is 5.69. The van der Waals surface area contributed by atoms with Crippen LogP contribution < -0.4 is 5.73 Å². The Morgan fingerprint density at radius 3 is 2.20 bits per heavy atom. The molecule has 0 aromatic rings. The third-order valence-corrected chi connectivity index (χ3v) is 1.63. The Hall–Kier alpha value is 0.690. The Morgan fingerprint density at radius 2 is 2.20 bits per heavy atom. The fraction of sp³-hybridized carbons (Fsp3) is 1.00. The molecule has 0 rings (SSSR count). The van der Waals surface area contributed by atoms with Crippen LogP contribution in [0.25, 0.3) is 0 Å². The monoisotopic (exact) mass is 185 g/mol. The van der Waals surface area contributed by atoms with Crippen LogP contribution in [0.3, 0.4) is 0 Å². The summed E-state index contributed by atoms with van der Waals surface area (Å²) >= 11 is 2.25. The van der Waals surface area contributed by atoms with Crippen molar-refractivity contribution in [2.75, 3.05) is 4.43 Å². The van der Waals surface area contributed by atoms with E-state index < -0.39 is 0 Å². The Labute approximate surface area is 46.1 Å². The maximum absolute atomic E-state index is 5.28. The van der Waals surface area contributed by atoms with Gasteiger partial charge in [-0.05, 0) is 6.92 Å². The van der Waals surface area contributed by atoms with Gasteiger partial charge in [-0.25, -0.2) is 0 Å². The molecule has 2 heteroatoms. The molecular formula is C3H8IN. The molecule has 0 aliphatic heterocycles. The molecule has 2 N–H and O–H groups in total. The lowest BCUT2D eigenvalue weighted by Crippen LogP contribution is -2.15. The number of alkyl halides is 1. The summed E-state index contributed by atoms with van der Waals surface area (Å²) in [6.07, 6.45) is 0. The van der Waals surface area contributed by atoms with Crippen molar-refractivity contribution in [3.63, 3.8) is 0 Å². The fourth-order valence-electron chi connectivity index (χ4n) is 0. The summed E-state index contributed by atoms with van der Waals surface area (Å²) in [4.78, 5) is 0. The average molecular weight is 185 g/mol. The molecule has 0 aliphatic rings. The largest absolute Gasteiger partial charge is 0.327 e. The van der Waals surface area contributed by atoms with Gasteiger partial charge >= 0.3 is 0 Å².